The molecule has 0 bridgehead atoms. The summed E-state index contributed by atoms with van der Waals surface area (Å²) in [4.78, 5) is 10.8. The van der Waals surface area contributed by atoms with E-state index in [1.54, 1.807) is 12.1 Å². The van der Waals surface area contributed by atoms with Crippen LogP contribution in [-0.2, 0) is 0 Å². The second kappa shape index (κ2) is 4.76. The summed E-state index contributed by atoms with van der Waals surface area (Å²) in [6.07, 6.45) is 0. The zero-order valence-electron chi connectivity index (χ0n) is 10.6. The van der Waals surface area contributed by atoms with Crippen LogP contribution in [-0.4, -0.2) is 36.6 Å². The van der Waals surface area contributed by atoms with Crippen molar-refractivity contribution in [1.29, 1.82) is 0 Å². The van der Waals surface area contributed by atoms with Gasteiger partial charge in [0.25, 0.3) is 0 Å². The van der Waals surface area contributed by atoms with Gasteiger partial charge in [-0.1, -0.05) is 5.16 Å². The molecule has 3 rings (SSSR count). The highest BCUT2D eigenvalue weighted by Crippen LogP contribution is 2.45. The summed E-state index contributed by atoms with van der Waals surface area (Å²) in [6, 6.07) is 4.75. The molecule has 2 aromatic rings. The SMILES string of the molecule is COc1c(-c2cc(C(=O)O)no2)ccc2c1OCCO2. The van der Waals surface area contributed by atoms with Crippen LogP contribution in [0.5, 0.6) is 17.2 Å². The van der Waals surface area contributed by atoms with Crippen LogP contribution in [0.25, 0.3) is 11.3 Å². The van der Waals surface area contributed by atoms with Crippen molar-refractivity contribution in [3.8, 4) is 28.6 Å². The van der Waals surface area contributed by atoms with Gasteiger partial charge in [-0.25, -0.2) is 4.79 Å². The van der Waals surface area contributed by atoms with E-state index in [9.17, 15) is 4.79 Å². The van der Waals surface area contributed by atoms with Crippen molar-refractivity contribution in [3.63, 3.8) is 0 Å². The topological polar surface area (TPSA) is 91.0 Å². The molecule has 0 radical (unpaired) electrons. The minimum Gasteiger partial charge on any atom is -0.492 e. The van der Waals surface area contributed by atoms with Crippen LogP contribution >= 0.6 is 0 Å². The van der Waals surface area contributed by atoms with Crippen LogP contribution in [0.1, 0.15) is 10.5 Å². The van der Waals surface area contributed by atoms with Crippen LogP contribution in [0.15, 0.2) is 22.7 Å². The van der Waals surface area contributed by atoms with Gasteiger partial charge in [0.15, 0.2) is 23.0 Å². The van der Waals surface area contributed by atoms with Gasteiger partial charge < -0.3 is 23.8 Å². The van der Waals surface area contributed by atoms with Gasteiger partial charge in [0, 0.05) is 6.07 Å². The third-order valence-corrected chi connectivity index (χ3v) is 2.86. The second-order valence-electron chi connectivity index (χ2n) is 4.05. The Labute approximate surface area is 113 Å². The minimum absolute atomic E-state index is 0.169. The van der Waals surface area contributed by atoms with Gasteiger partial charge in [-0.2, -0.15) is 0 Å². The summed E-state index contributed by atoms with van der Waals surface area (Å²) in [5, 5.41) is 12.3. The highest BCUT2D eigenvalue weighted by Gasteiger charge is 2.23. The van der Waals surface area contributed by atoms with E-state index in [0.29, 0.717) is 36.0 Å². The van der Waals surface area contributed by atoms with E-state index in [1.807, 2.05) is 0 Å². The van der Waals surface area contributed by atoms with Crippen molar-refractivity contribution in [1.82, 2.24) is 5.16 Å². The van der Waals surface area contributed by atoms with Crippen molar-refractivity contribution < 1.29 is 28.6 Å². The summed E-state index contributed by atoms with van der Waals surface area (Å²) in [7, 11) is 1.49. The predicted octanol–water partition coefficient (Wildman–Crippen LogP) is 1.82. The Kier molecular flexibility index (Phi) is 2.94. The Hall–Kier alpha value is -2.70. The van der Waals surface area contributed by atoms with Gasteiger partial charge in [-0.15, -0.1) is 0 Å². The minimum atomic E-state index is -1.16. The number of aromatic nitrogens is 1. The van der Waals surface area contributed by atoms with Crippen molar-refractivity contribution in [2.45, 2.75) is 0 Å². The van der Waals surface area contributed by atoms with Crippen molar-refractivity contribution >= 4 is 5.97 Å². The number of nitrogens with zero attached hydrogens (tertiary/aromatic N) is 1. The van der Waals surface area contributed by atoms with Gasteiger partial charge in [-0.05, 0) is 12.1 Å². The van der Waals surface area contributed by atoms with E-state index in [0.717, 1.165) is 0 Å². The average molecular weight is 277 g/mol. The molecule has 0 fully saturated rings. The van der Waals surface area contributed by atoms with Crippen molar-refractivity contribution in [2.24, 2.45) is 0 Å². The van der Waals surface area contributed by atoms with Gasteiger partial charge >= 0.3 is 5.97 Å². The molecule has 1 aromatic carbocycles. The van der Waals surface area contributed by atoms with Crippen LogP contribution in [0.3, 0.4) is 0 Å². The first-order valence-electron chi connectivity index (χ1n) is 5.87. The number of methoxy groups -OCH3 is 1. The summed E-state index contributed by atoms with van der Waals surface area (Å²) in [5.74, 6) is 0.613. The lowest BCUT2D eigenvalue weighted by molar-refractivity contribution is 0.0686. The molecule has 20 heavy (non-hydrogen) atoms. The molecule has 7 nitrogen and oxygen atoms in total. The molecule has 1 aliphatic heterocycles. The van der Waals surface area contributed by atoms with E-state index in [1.165, 1.54) is 13.2 Å². The Morgan fingerprint density at radius 2 is 2.15 bits per heavy atom. The maximum absolute atomic E-state index is 10.8. The number of carboxylic acid groups (broad SMARTS) is 1. The maximum atomic E-state index is 10.8. The molecule has 0 saturated heterocycles. The molecule has 7 heteroatoms. The Balaban J connectivity index is 2.10. The molecular weight excluding hydrogens is 266 g/mol. The average Bonchev–Trinajstić information content (AvgIpc) is 2.95. The number of carbonyl (C=O) groups is 1. The molecule has 0 atom stereocenters. The third kappa shape index (κ3) is 1.93. The number of fused-ring (bicyclic) bond motifs is 1. The zero-order valence-corrected chi connectivity index (χ0v) is 10.6. The quantitative estimate of drug-likeness (QED) is 0.914. The summed E-state index contributed by atoms with van der Waals surface area (Å²) >= 11 is 0. The van der Waals surface area contributed by atoms with Gasteiger partial charge in [0.1, 0.15) is 13.2 Å². The fourth-order valence-corrected chi connectivity index (χ4v) is 1.99. The number of rotatable bonds is 3. The second-order valence-corrected chi connectivity index (χ2v) is 4.05. The Morgan fingerprint density at radius 1 is 1.35 bits per heavy atom. The third-order valence-electron chi connectivity index (χ3n) is 2.86. The van der Waals surface area contributed by atoms with Crippen LogP contribution < -0.4 is 14.2 Å². The van der Waals surface area contributed by atoms with Crippen molar-refractivity contribution in [3.05, 3.63) is 23.9 Å². The zero-order chi connectivity index (χ0) is 14.1. The molecule has 1 aliphatic rings. The fraction of sp³-hybridized carbons (Fsp3) is 0.231. The molecular formula is C13H11NO6. The van der Waals surface area contributed by atoms with E-state index >= 15 is 0 Å². The molecule has 0 aliphatic carbocycles. The highest BCUT2D eigenvalue weighted by molar-refractivity contribution is 5.87. The molecule has 0 unspecified atom stereocenters. The highest BCUT2D eigenvalue weighted by atomic mass is 16.6. The number of hydrogen-bond donors (Lipinski definition) is 1. The first-order chi connectivity index (χ1) is 9.70. The molecule has 0 spiro atoms. The lowest BCUT2D eigenvalue weighted by atomic mass is 10.1. The first-order valence-corrected chi connectivity index (χ1v) is 5.87. The van der Waals surface area contributed by atoms with Gasteiger partial charge in [-0.3, -0.25) is 0 Å². The smallest absolute Gasteiger partial charge is 0.358 e. The van der Waals surface area contributed by atoms with Crippen LogP contribution in [0.4, 0.5) is 0 Å². The molecule has 1 aromatic heterocycles. The number of aromatic carboxylic acids is 1. The molecule has 2 heterocycles. The monoisotopic (exact) mass is 277 g/mol. The van der Waals surface area contributed by atoms with Crippen LogP contribution in [0.2, 0.25) is 0 Å². The van der Waals surface area contributed by atoms with E-state index < -0.39 is 5.97 Å². The molecule has 1 N–H and O–H groups in total. The lowest BCUT2D eigenvalue weighted by Gasteiger charge is -2.21. The number of carboxylic acids is 1. The number of ether oxygens (including phenoxy) is 3. The summed E-state index contributed by atoms with van der Waals surface area (Å²) in [6.45, 7) is 0.893. The van der Waals surface area contributed by atoms with Crippen molar-refractivity contribution in [2.75, 3.05) is 20.3 Å². The fourth-order valence-electron chi connectivity index (χ4n) is 1.99. The molecule has 0 amide bonds. The molecule has 0 saturated carbocycles. The van der Waals surface area contributed by atoms with Crippen LogP contribution in [0, 0.1) is 0 Å². The number of benzene rings is 1. The van der Waals surface area contributed by atoms with E-state index in [4.69, 9.17) is 23.8 Å². The van der Waals surface area contributed by atoms with Gasteiger partial charge in [0.2, 0.25) is 5.75 Å². The standard InChI is InChI=1S/C13H11NO6/c1-17-11-7(10-6-8(13(15)16)14-20-10)2-3-9-12(11)19-5-4-18-9/h2-3,6H,4-5H2,1H3,(H,15,16). The largest absolute Gasteiger partial charge is 0.492 e. The normalized spacial score (nSPS) is 13.1. The summed E-state index contributed by atoms with van der Waals surface area (Å²) in [5.41, 5.74) is 0.383. The van der Waals surface area contributed by atoms with E-state index in [-0.39, 0.29) is 11.5 Å². The van der Waals surface area contributed by atoms with E-state index in [2.05, 4.69) is 5.16 Å². The Morgan fingerprint density at radius 3 is 2.85 bits per heavy atom. The maximum Gasteiger partial charge on any atom is 0.358 e. The first kappa shape index (κ1) is 12.3. The van der Waals surface area contributed by atoms with Gasteiger partial charge in [0.05, 0.1) is 12.7 Å². The number of hydrogen-bond acceptors (Lipinski definition) is 6. The lowest BCUT2D eigenvalue weighted by Crippen LogP contribution is -2.16. The molecule has 104 valence electrons. The Bertz CT molecular complexity index is 663. The predicted molar refractivity (Wildman–Crippen MR) is 66.4 cm³/mol. The summed E-state index contributed by atoms with van der Waals surface area (Å²) < 4.78 is 21.4.